The fourth-order valence-electron chi connectivity index (χ4n) is 8.01. The molecule has 0 aromatic heterocycles. The molecule has 0 aromatic carbocycles. The summed E-state index contributed by atoms with van der Waals surface area (Å²) in [5.74, 6) is 8.70. The third kappa shape index (κ3) is 1.13. The number of fused-ring (bicyclic) bond motifs is 11. The molecule has 2 nitrogen and oxygen atoms in total. The van der Waals surface area contributed by atoms with Crippen LogP contribution in [-0.4, -0.2) is 17.0 Å². The van der Waals surface area contributed by atoms with Crippen LogP contribution in [0.4, 0.5) is 0 Å². The summed E-state index contributed by atoms with van der Waals surface area (Å²) in [7, 11) is 0. The third-order valence-corrected chi connectivity index (χ3v) is 8.52. The van der Waals surface area contributed by atoms with Gasteiger partial charge in [0.15, 0.2) is 6.29 Å². The van der Waals surface area contributed by atoms with Crippen LogP contribution < -0.4 is 0 Å². The minimum absolute atomic E-state index is 0.127. The van der Waals surface area contributed by atoms with E-state index in [1.807, 2.05) is 0 Å². The van der Waals surface area contributed by atoms with Gasteiger partial charge in [0, 0.05) is 5.92 Å². The first-order chi connectivity index (χ1) is 10.1. The molecule has 6 aliphatic carbocycles. The zero-order valence-corrected chi connectivity index (χ0v) is 13.0. The van der Waals surface area contributed by atoms with E-state index in [1.165, 1.54) is 19.3 Å². The lowest BCUT2D eigenvalue weighted by atomic mass is 9.59. The second-order valence-corrected chi connectivity index (χ2v) is 9.25. The summed E-state index contributed by atoms with van der Waals surface area (Å²) in [5.41, 5.74) is 0.127. The average molecular weight is 286 g/mol. The molecule has 2 bridgehead atoms. The van der Waals surface area contributed by atoms with Gasteiger partial charge in [-0.3, -0.25) is 0 Å². The van der Waals surface area contributed by atoms with Crippen molar-refractivity contribution in [2.45, 2.75) is 45.0 Å². The number of aliphatic hydroxyl groups is 1. The predicted octanol–water partition coefficient (Wildman–Crippen LogP) is 3.07. The number of aliphatic hydroxyl groups excluding tert-OH is 1. The largest absolute Gasteiger partial charge is 0.368 e. The van der Waals surface area contributed by atoms with E-state index in [1.54, 1.807) is 0 Å². The van der Waals surface area contributed by atoms with E-state index < -0.39 is 6.29 Å². The highest BCUT2D eigenvalue weighted by Gasteiger charge is 2.88. The molecule has 0 aromatic rings. The normalized spacial score (nSPS) is 65.2. The molecule has 6 aliphatic rings. The van der Waals surface area contributed by atoms with Crippen LogP contribution in [0.1, 0.15) is 33.1 Å². The zero-order chi connectivity index (χ0) is 14.1. The molecule has 0 spiro atoms. The molecule has 21 heavy (non-hydrogen) atoms. The smallest absolute Gasteiger partial charge is 0.157 e. The maximum absolute atomic E-state index is 10.2. The number of rotatable bonds is 3. The van der Waals surface area contributed by atoms with E-state index >= 15 is 0 Å². The second-order valence-electron chi connectivity index (χ2n) is 9.25. The molecule has 0 heterocycles. The Bertz CT molecular complexity index is 540. The Morgan fingerprint density at radius 2 is 1.95 bits per heavy atom. The van der Waals surface area contributed by atoms with Crippen molar-refractivity contribution >= 4 is 0 Å². The van der Waals surface area contributed by atoms with Crippen molar-refractivity contribution in [3.8, 4) is 0 Å². The van der Waals surface area contributed by atoms with Crippen LogP contribution in [0.5, 0.6) is 0 Å². The van der Waals surface area contributed by atoms with E-state index in [0.29, 0.717) is 0 Å². The van der Waals surface area contributed by atoms with Crippen LogP contribution >= 0.6 is 0 Å². The van der Waals surface area contributed by atoms with Gasteiger partial charge in [0.1, 0.15) is 0 Å². The number of hydrogen-bond acceptors (Lipinski definition) is 2. The van der Waals surface area contributed by atoms with Gasteiger partial charge in [0.25, 0.3) is 0 Å². The van der Waals surface area contributed by atoms with E-state index in [9.17, 15) is 5.11 Å². The van der Waals surface area contributed by atoms with Crippen LogP contribution in [-0.2, 0) is 4.74 Å². The molecule has 0 saturated heterocycles. The van der Waals surface area contributed by atoms with Gasteiger partial charge in [-0.1, -0.05) is 26.0 Å². The quantitative estimate of drug-likeness (QED) is 0.638. The maximum Gasteiger partial charge on any atom is 0.157 e. The van der Waals surface area contributed by atoms with Gasteiger partial charge in [-0.15, -0.1) is 0 Å². The van der Waals surface area contributed by atoms with E-state index in [2.05, 4.69) is 26.0 Å². The lowest BCUT2D eigenvalue weighted by Crippen LogP contribution is -2.49. The Morgan fingerprint density at radius 1 is 1.10 bits per heavy atom. The van der Waals surface area contributed by atoms with Crippen LogP contribution in [0.15, 0.2) is 12.2 Å². The van der Waals surface area contributed by atoms with Crippen molar-refractivity contribution in [3.05, 3.63) is 12.2 Å². The molecule has 5 saturated carbocycles. The Labute approximate surface area is 126 Å². The molecule has 1 N–H and O–H groups in total. The summed E-state index contributed by atoms with van der Waals surface area (Å²) in [5, 5.41) is 10.2. The first kappa shape index (κ1) is 12.1. The minimum atomic E-state index is -0.547. The van der Waals surface area contributed by atoms with Gasteiger partial charge in [-0.25, -0.2) is 0 Å². The first-order valence-corrected chi connectivity index (χ1v) is 9.16. The molecule has 0 radical (unpaired) electrons. The van der Waals surface area contributed by atoms with Crippen molar-refractivity contribution < 1.29 is 9.84 Å². The molecule has 0 amide bonds. The Kier molecular flexibility index (Phi) is 1.98. The van der Waals surface area contributed by atoms with Crippen LogP contribution in [0.2, 0.25) is 0 Å². The molecule has 6 rings (SSSR count). The van der Waals surface area contributed by atoms with E-state index in [-0.39, 0.29) is 11.5 Å². The molecule has 2 heteroatoms. The standard InChI is InChI=1S/C19H26O2/c1-8(2)18(20)21-19-7-13-14-11-6-12(10-5-3-4-9(10)11)15(14)17(19)16(13)19/h3-4,8-18,20H,5-7H2,1-2H3. The van der Waals surface area contributed by atoms with Crippen molar-refractivity contribution in [1.29, 1.82) is 0 Å². The summed E-state index contributed by atoms with van der Waals surface area (Å²) < 4.78 is 6.21. The van der Waals surface area contributed by atoms with Crippen molar-refractivity contribution in [2.75, 3.05) is 0 Å². The number of hydrogen-bond donors (Lipinski definition) is 1. The fraction of sp³-hybridized carbons (Fsp3) is 0.895. The highest BCUT2D eigenvalue weighted by molar-refractivity contribution is 5.37. The van der Waals surface area contributed by atoms with Crippen molar-refractivity contribution in [1.82, 2.24) is 0 Å². The monoisotopic (exact) mass is 286 g/mol. The lowest BCUT2D eigenvalue weighted by Gasteiger charge is -2.49. The predicted molar refractivity (Wildman–Crippen MR) is 79.1 cm³/mol. The van der Waals surface area contributed by atoms with Gasteiger partial charge >= 0.3 is 0 Å². The Morgan fingerprint density at radius 3 is 2.76 bits per heavy atom. The van der Waals surface area contributed by atoms with Gasteiger partial charge in [0.05, 0.1) is 5.60 Å². The maximum atomic E-state index is 10.2. The fourth-order valence-corrected chi connectivity index (χ4v) is 8.01. The summed E-state index contributed by atoms with van der Waals surface area (Å²) in [6.07, 6.45) is 8.59. The average Bonchev–Trinajstić information content (AvgIpc) is 2.96. The Hall–Kier alpha value is -0.340. The van der Waals surface area contributed by atoms with Crippen molar-refractivity contribution in [3.63, 3.8) is 0 Å². The second kappa shape index (κ2) is 3.43. The van der Waals surface area contributed by atoms with E-state index in [0.717, 1.165) is 53.3 Å². The van der Waals surface area contributed by atoms with Crippen LogP contribution in [0, 0.1) is 59.2 Å². The molecule has 11 unspecified atom stereocenters. The number of ether oxygens (including phenoxy) is 1. The molecular weight excluding hydrogens is 260 g/mol. The molecule has 0 aliphatic heterocycles. The molecular formula is C19H26O2. The topological polar surface area (TPSA) is 29.5 Å². The highest BCUT2D eigenvalue weighted by Crippen LogP contribution is 2.87. The highest BCUT2D eigenvalue weighted by atomic mass is 16.6. The van der Waals surface area contributed by atoms with Gasteiger partial charge in [0.2, 0.25) is 0 Å². The lowest BCUT2D eigenvalue weighted by molar-refractivity contribution is -0.220. The minimum Gasteiger partial charge on any atom is -0.368 e. The first-order valence-electron chi connectivity index (χ1n) is 9.16. The summed E-state index contributed by atoms with van der Waals surface area (Å²) in [4.78, 5) is 0. The van der Waals surface area contributed by atoms with Crippen molar-refractivity contribution in [2.24, 2.45) is 59.2 Å². The van der Waals surface area contributed by atoms with Crippen LogP contribution in [0.25, 0.3) is 0 Å². The van der Waals surface area contributed by atoms with Gasteiger partial charge in [-0.2, -0.15) is 0 Å². The zero-order valence-electron chi connectivity index (χ0n) is 13.0. The van der Waals surface area contributed by atoms with E-state index in [4.69, 9.17) is 4.74 Å². The van der Waals surface area contributed by atoms with Crippen LogP contribution in [0.3, 0.4) is 0 Å². The summed E-state index contributed by atoms with van der Waals surface area (Å²) in [6.45, 7) is 4.12. The third-order valence-electron chi connectivity index (χ3n) is 8.52. The molecule has 114 valence electrons. The van der Waals surface area contributed by atoms with Gasteiger partial charge < -0.3 is 9.84 Å². The summed E-state index contributed by atoms with van der Waals surface area (Å²) in [6, 6.07) is 0. The van der Waals surface area contributed by atoms with Gasteiger partial charge in [-0.05, 0) is 72.5 Å². The molecule has 5 fully saturated rings. The summed E-state index contributed by atoms with van der Waals surface area (Å²) >= 11 is 0. The molecule has 11 atom stereocenters. The number of allylic oxidation sites excluding steroid dienone is 2. The SMILES string of the molecule is CC(C)C(O)OC12CC3C4C5CC(C6CC=CC65)C4C1C32. The Balaban J connectivity index is 1.29.